The van der Waals surface area contributed by atoms with Crippen LogP contribution in [0.1, 0.15) is 36.8 Å². The van der Waals surface area contributed by atoms with Gasteiger partial charge in [-0.2, -0.15) is 0 Å². The maximum absolute atomic E-state index is 13.4. The molecule has 1 aliphatic rings. The van der Waals surface area contributed by atoms with Gasteiger partial charge in [0.05, 0.1) is 0 Å². The van der Waals surface area contributed by atoms with E-state index in [1.807, 2.05) is 12.1 Å². The Morgan fingerprint density at radius 1 is 1.32 bits per heavy atom. The summed E-state index contributed by atoms with van der Waals surface area (Å²) in [6.45, 7) is 4.57. The molecule has 1 saturated carbocycles. The normalized spacial score (nSPS) is 16.4. The Kier molecular flexibility index (Phi) is 5.34. The first kappa shape index (κ1) is 14.5. The van der Waals surface area contributed by atoms with Crippen LogP contribution in [0.3, 0.4) is 0 Å². The van der Waals surface area contributed by atoms with Gasteiger partial charge in [0.15, 0.2) is 0 Å². The second-order valence-corrected chi connectivity index (χ2v) is 5.68. The maximum atomic E-state index is 13.4. The Labute approximate surface area is 116 Å². The van der Waals surface area contributed by atoms with Gasteiger partial charge in [-0.1, -0.05) is 25.0 Å². The van der Waals surface area contributed by atoms with Gasteiger partial charge >= 0.3 is 0 Å². The average molecular weight is 264 g/mol. The van der Waals surface area contributed by atoms with E-state index >= 15 is 0 Å². The molecule has 0 spiro atoms. The number of nitrogens with one attached hydrogen (secondary N) is 1. The van der Waals surface area contributed by atoms with Gasteiger partial charge in [0, 0.05) is 25.7 Å². The summed E-state index contributed by atoms with van der Waals surface area (Å²) in [5, 5.41) is 3.39. The van der Waals surface area contributed by atoms with Gasteiger partial charge in [0.25, 0.3) is 0 Å². The molecule has 0 radical (unpaired) electrons. The molecular formula is C16H25FN2. The number of hydrogen-bond donors (Lipinski definition) is 1. The summed E-state index contributed by atoms with van der Waals surface area (Å²) in [5.74, 6) is -0.109. The molecule has 2 rings (SSSR count). The van der Waals surface area contributed by atoms with Gasteiger partial charge in [-0.05, 0) is 44.0 Å². The van der Waals surface area contributed by atoms with Crippen molar-refractivity contribution in [2.24, 2.45) is 0 Å². The fourth-order valence-corrected chi connectivity index (χ4v) is 2.76. The Bertz CT molecular complexity index is 400. The third-order valence-corrected chi connectivity index (χ3v) is 4.15. The molecule has 1 fully saturated rings. The minimum absolute atomic E-state index is 0.109. The largest absolute Gasteiger partial charge is 0.311 e. The van der Waals surface area contributed by atoms with Crippen molar-refractivity contribution in [2.75, 3.05) is 20.1 Å². The van der Waals surface area contributed by atoms with E-state index in [2.05, 4.69) is 17.3 Å². The molecule has 0 aromatic heterocycles. The van der Waals surface area contributed by atoms with Gasteiger partial charge in [0.1, 0.15) is 5.82 Å². The standard InChI is InChI=1S/C16H25FN2/c1-13-7-8-14(11-16(13)17)12-18-9-10-19(2)15-5-3-4-6-15/h7-8,11,15,18H,3-6,9-10,12H2,1-2H3. The van der Waals surface area contributed by atoms with Crippen molar-refractivity contribution < 1.29 is 4.39 Å². The Morgan fingerprint density at radius 3 is 2.74 bits per heavy atom. The van der Waals surface area contributed by atoms with E-state index in [0.29, 0.717) is 5.56 Å². The number of halogens is 1. The zero-order chi connectivity index (χ0) is 13.7. The van der Waals surface area contributed by atoms with Crippen molar-refractivity contribution >= 4 is 0 Å². The Morgan fingerprint density at radius 2 is 2.05 bits per heavy atom. The van der Waals surface area contributed by atoms with Gasteiger partial charge in [-0.25, -0.2) is 4.39 Å². The third-order valence-electron chi connectivity index (χ3n) is 4.15. The van der Waals surface area contributed by atoms with Crippen LogP contribution in [-0.4, -0.2) is 31.1 Å². The lowest BCUT2D eigenvalue weighted by Crippen LogP contribution is -2.35. The highest BCUT2D eigenvalue weighted by molar-refractivity contribution is 5.23. The fraction of sp³-hybridized carbons (Fsp3) is 0.625. The van der Waals surface area contributed by atoms with Crippen LogP contribution in [0.4, 0.5) is 4.39 Å². The summed E-state index contributed by atoms with van der Waals surface area (Å²) in [4.78, 5) is 2.45. The molecule has 0 aliphatic heterocycles. The molecular weight excluding hydrogens is 239 g/mol. The number of hydrogen-bond acceptors (Lipinski definition) is 2. The van der Waals surface area contributed by atoms with Crippen molar-refractivity contribution in [1.82, 2.24) is 10.2 Å². The van der Waals surface area contributed by atoms with Crippen LogP contribution < -0.4 is 5.32 Å². The summed E-state index contributed by atoms with van der Waals surface area (Å²) >= 11 is 0. The lowest BCUT2D eigenvalue weighted by Gasteiger charge is -2.24. The van der Waals surface area contributed by atoms with E-state index < -0.39 is 0 Å². The molecule has 0 heterocycles. The quantitative estimate of drug-likeness (QED) is 0.794. The molecule has 0 atom stereocenters. The van der Waals surface area contributed by atoms with Gasteiger partial charge in [-0.15, -0.1) is 0 Å². The van der Waals surface area contributed by atoms with Crippen molar-refractivity contribution in [3.8, 4) is 0 Å². The highest BCUT2D eigenvalue weighted by Crippen LogP contribution is 2.21. The highest BCUT2D eigenvalue weighted by atomic mass is 19.1. The molecule has 0 amide bonds. The molecule has 0 bridgehead atoms. The van der Waals surface area contributed by atoms with Crippen LogP contribution >= 0.6 is 0 Å². The van der Waals surface area contributed by atoms with Gasteiger partial charge < -0.3 is 10.2 Å². The van der Waals surface area contributed by atoms with E-state index in [9.17, 15) is 4.39 Å². The first-order chi connectivity index (χ1) is 9.16. The second kappa shape index (κ2) is 7.01. The first-order valence-corrected chi connectivity index (χ1v) is 7.33. The molecule has 3 heteroatoms. The van der Waals surface area contributed by atoms with Gasteiger partial charge in [-0.3, -0.25) is 0 Å². The monoisotopic (exact) mass is 264 g/mol. The highest BCUT2D eigenvalue weighted by Gasteiger charge is 2.18. The Hall–Kier alpha value is -0.930. The van der Waals surface area contributed by atoms with Crippen molar-refractivity contribution in [1.29, 1.82) is 0 Å². The summed E-state index contributed by atoms with van der Waals surface area (Å²) in [7, 11) is 2.21. The lowest BCUT2D eigenvalue weighted by atomic mass is 10.1. The summed E-state index contributed by atoms with van der Waals surface area (Å²) in [6, 6.07) is 6.24. The molecule has 0 unspecified atom stereocenters. The number of rotatable bonds is 6. The van der Waals surface area contributed by atoms with Gasteiger partial charge in [0.2, 0.25) is 0 Å². The predicted molar refractivity (Wildman–Crippen MR) is 77.7 cm³/mol. The van der Waals surface area contributed by atoms with Crippen LogP contribution in [0.25, 0.3) is 0 Å². The van der Waals surface area contributed by atoms with E-state index in [0.717, 1.165) is 31.2 Å². The maximum Gasteiger partial charge on any atom is 0.126 e. The van der Waals surface area contributed by atoms with E-state index in [1.165, 1.54) is 25.7 Å². The predicted octanol–water partition coefficient (Wildman–Crippen LogP) is 3.10. The smallest absolute Gasteiger partial charge is 0.126 e. The molecule has 106 valence electrons. The van der Waals surface area contributed by atoms with Crippen LogP contribution in [0.2, 0.25) is 0 Å². The average Bonchev–Trinajstić information content (AvgIpc) is 2.92. The molecule has 1 aliphatic carbocycles. The topological polar surface area (TPSA) is 15.3 Å². The van der Waals surface area contributed by atoms with Crippen molar-refractivity contribution in [3.05, 3.63) is 35.1 Å². The fourth-order valence-electron chi connectivity index (χ4n) is 2.76. The molecule has 2 nitrogen and oxygen atoms in total. The van der Waals surface area contributed by atoms with E-state index in [-0.39, 0.29) is 5.82 Å². The first-order valence-electron chi connectivity index (χ1n) is 7.33. The van der Waals surface area contributed by atoms with Crippen LogP contribution in [0.15, 0.2) is 18.2 Å². The summed E-state index contributed by atoms with van der Waals surface area (Å²) in [6.07, 6.45) is 5.45. The zero-order valence-electron chi connectivity index (χ0n) is 12.1. The molecule has 19 heavy (non-hydrogen) atoms. The van der Waals surface area contributed by atoms with Crippen LogP contribution in [0, 0.1) is 12.7 Å². The molecule has 1 N–H and O–H groups in total. The minimum atomic E-state index is -0.109. The minimum Gasteiger partial charge on any atom is -0.311 e. The van der Waals surface area contributed by atoms with E-state index in [1.54, 1.807) is 13.0 Å². The number of likely N-dealkylation sites (N-methyl/N-ethyl adjacent to an activating group) is 1. The van der Waals surface area contributed by atoms with Crippen LogP contribution in [0.5, 0.6) is 0 Å². The SMILES string of the molecule is Cc1ccc(CNCCN(C)C2CCCC2)cc1F. The summed E-state index contributed by atoms with van der Waals surface area (Å²) in [5.41, 5.74) is 1.73. The number of nitrogens with zero attached hydrogens (tertiary/aromatic N) is 1. The summed E-state index contributed by atoms with van der Waals surface area (Å²) < 4.78 is 13.4. The third kappa shape index (κ3) is 4.29. The lowest BCUT2D eigenvalue weighted by molar-refractivity contribution is 0.245. The molecule has 1 aromatic rings. The van der Waals surface area contributed by atoms with Crippen molar-refractivity contribution in [3.63, 3.8) is 0 Å². The number of aryl methyl sites for hydroxylation is 1. The van der Waals surface area contributed by atoms with Crippen molar-refractivity contribution in [2.45, 2.75) is 45.2 Å². The van der Waals surface area contributed by atoms with Crippen LogP contribution in [-0.2, 0) is 6.54 Å². The zero-order valence-corrected chi connectivity index (χ0v) is 12.1. The number of benzene rings is 1. The van der Waals surface area contributed by atoms with E-state index in [4.69, 9.17) is 0 Å². The molecule has 1 aromatic carbocycles. The molecule has 0 saturated heterocycles. The Balaban J connectivity index is 1.67. The second-order valence-electron chi connectivity index (χ2n) is 5.68.